The average Bonchev–Trinajstić information content (AvgIpc) is 2.92. The molecule has 0 atom stereocenters. The third-order valence-electron chi connectivity index (χ3n) is 2.70. The fourth-order valence-electron chi connectivity index (χ4n) is 1.67. The molecule has 1 N–H and O–H groups in total. The van der Waals surface area contributed by atoms with Gasteiger partial charge in [0, 0.05) is 17.6 Å². The van der Waals surface area contributed by atoms with E-state index in [1.165, 1.54) is 0 Å². The van der Waals surface area contributed by atoms with Gasteiger partial charge in [-0.05, 0) is 30.2 Å². The van der Waals surface area contributed by atoms with Crippen molar-refractivity contribution in [2.45, 2.75) is 40.0 Å². The fourth-order valence-corrected chi connectivity index (χ4v) is 1.67. The zero-order valence-corrected chi connectivity index (χ0v) is 12.1. The Morgan fingerprint density at radius 1 is 1.21 bits per heavy atom. The number of nitrogens with one attached hydrogen (secondary N) is 1. The third kappa shape index (κ3) is 4.36. The molecule has 2 aromatic heterocycles. The second kappa shape index (κ2) is 7.52. The lowest BCUT2D eigenvalue weighted by Gasteiger charge is -2.01. The van der Waals surface area contributed by atoms with Crippen molar-refractivity contribution in [2.75, 3.05) is 0 Å². The highest BCUT2D eigenvalue weighted by Gasteiger charge is 2.11. The molecule has 0 radical (unpaired) electrons. The normalized spacial score (nSPS) is 9.95. The molecule has 0 bridgehead atoms. The van der Waals surface area contributed by atoms with E-state index in [0.29, 0.717) is 18.0 Å². The van der Waals surface area contributed by atoms with E-state index in [-0.39, 0.29) is 5.78 Å². The molecule has 0 aliphatic heterocycles. The van der Waals surface area contributed by atoms with Crippen LogP contribution in [0.15, 0.2) is 36.5 Å². The predicted octanol–water partition coefficient (Wildman–Crippen LogP) is 3.98. The number of hydrogen-bond donors (Lipinski definition) is 1. The molecule has 19 heavy (non-hydrogen) atoms. The molecule has 0 spiro atoms. The van der Waals surface area contributed by atoms with Crippen LogP contribution in [0.2, 0.25) is 0 Å². The zero-order chi connectivity index (χ0) is 14.3. The summed E-state index contributed by atoms with van der Waals surface area (Å²) in [5.41, 5.74) is 2.56. The van der Waals surface area contributed by atoms with Crippen LogP contribution in [0, 0.1) is 0 Å². The quantitative estimate of drug-likeness (QED) is 0.843. The Bertz CT molecular complexity index is 500. The van der Waals surface area contributed by atoms with Gasteiger partial charge in [-0.25, -0.2) is 0 Å². The van der Waals surface area contributed by atoms with Crippen LogP contribution in [0.3, 0.4) is 0 Å². The molecule has 0 saturated carbocycles. The Morgan fingerprint density at radius 3 is 2.47 bits per heavy atom. The number of ketones is 1. The minimum atomic E-state index is 0.0793. The number of aromatic amines is 1. The lowest BCUT2D eigenvalue weighted by molar-refractivity contribution is 0.0987. The van der Waals surface area contributed by atoms with Crippen LogP contribution in [-0.4, -0.2) is 15.8 Å². The maximum absolute atomic E-state index is 12.0. The van der Waals surface area contributed by atoms with Crippen molar-refractivity contribution in [1.29, 1.82) is 0 Å². The van der Waals surface area contributed by atoms with E-state index >= 15 is 0 Å². The van der Waals surface area contributed by atoms with Crippen LogP contribution in [0.4, 0.5) is 0 Å². The molecule has 3 heteroatoms. The molecule has 0 fully saturated rings. The van der Waals surface area contributed by atoms with Gasteiger partial charge in [-0.3, -0.25) is 9.78 Å². The molecule has 0 aromatic carbocycles. The van der Waals surface area contributed by atoms with Gasteiger partial charge in [-0.1, -0.05) is 33.8 Å². The van der Waals surface area contributed by atoms with Crippen LogP contribution in [0.25, 0.3) is 0 Å². The Labute approximate surface area is 115 Å². The first-order chi connectivity index (χ1) is 9.16. The minimum absolute atomic E-state index is 0.0793. The third-order valence-corrected chi connectivity index (χ3v) is 2.70. The summed E-state index contributed by atoms with van der Waals surface area (Å²) in [5, 5.41) is 0. The van der Waals surface area contributed by atoms with Crippen molar-refractivity contribution >= 4 is 5.78 Å². The van der Waals surface area contributed by atoms with E-state index in [0.717, 1.165) is 11.4 Å². The maximum Gasteiger partial charge on any atom is 0.184 e. The molecule has 3 nitrogen and oxygen atoms in total. The predicted molar refractivity (Wildman–Crippen MR) is 78.5 cm³/mol. The SMILES string of the molecule is CC.CC(C)c1ccc(C(=O)Cc2ccccn2)[nH]1. The molecule has 0 saturated heterocycles. The van der Waals surface area contributed by atoms with E-state index in [1.807, 2.05) is 44.2 Å². The highest BCUT2D eigenvalue weighted by atomic mass is 16.1. The molecule has 2 rings (SSSR count). The van der Waals surface area contributed by atoms with Crippen molar-refractivity contribution in [3.8, 4) is 0 Å². The molecule has 0 aliphatic carbocycles. The molecular weight excluding hydrogens is 236 g/mol. The smallest absolute Gasteiger partial charge is 0.184 e. The number of pyridine rings is 1. The molecule has 2 heterocycles. The highest BCUT2D eigenvalue weighted by Crippen LogP contribution is 2.14. The fraction of sp³-hybridized carbons (Fsp3) is 0.375. The van der Waals surface area contributed by atoms with Gasteiger partial charge in [0.05, 0.1) is 12.1 Å². The first-order valence-electron chi connectivity index (χ1n) is 6.79. The number of aromatic nitrogens is 2. The average molecular weight is 258 g/mol. The van der Waals surface area contributed by atoms with Crippen LogP contribution in [-0.2, 0) is 6.42 Å². The van der Waals surface area contributed by atoms with Crippen LogP contribution < -0.4 is 0 Å². The van der Waals surface area contributed by atoms with E-state index in [4.69, 9.17) is 0 Å². The van der Waals surface area contributed by atoms with E-state index in [1.54, 1.807) is 6.20 Å². The molecule has 2 aromatic rings. The topological polar surface area (TPSA) is 45.8 Å². The van der Waals surface area contributed by atoms with Crippen LogP contribution in [0.5, 0.6) is 0 Å². The van der Waals surface area contributed by atoms with Crippen molar-refractivity contribution in [1.82, 2.24) is 9.97 Å². The van der Waals surface area contributed by atoms with Gasteiger partial charge < -0.3 is 4.98 Å². The summed E-state index contributed by atoms with van der Waals surface area (Å²) in [6.07, 6.45) is 2.05. The number of nitrogens with zero attached hydrogens (tertiary/aromatic N) is 1. The Morgan fingerprint density at radius 2 is 1.95 bits per heavy atom. The van der Waals surface area contributed by atoms with E-state index in [9.17, 15) is 4.79 Å². The number of hydrogen-bond acceptors (Lipinski definition) is 2. The van der Waals surface area contributed by atoms with Crippen molar-refractivity contribution in [2.24, 2.45) is 0 Å². The number of carbonyl (C=O) groups is 1. The summed E-state index contributed by atoms with van der Waals surface area (Å²) >= 11 is 0. The van der Waals surface area contributed by atoms with Gasteiger partial charge in [0.15, 0.2) is 5.78 Å². The summed E-state index contributed by atoms with van der Waals surface area (Å²) in [4.78, 5) is 19.3. The lowest BCUT2D eigenvalue weighted by atomic mass is 10.1. The Kier molecular flexibility index (Phi) is 6.00. The molecule has 102 valence electrons. The van der Waals surface area contributed by atoms with Gasteiger partial charge >= 0.3 is 0 Å². The summed E-state index contributed by atoms with van der Waals surface area (Å²) in [6, 6.07) is 9.42. The standard InChI is InChI=1S/C14H16N2O.C2H6/c1-10(2)12-6-7-13(16-12)14(17)9-11-5-3-4-8-15-11;1-2/h3-8,10,16H,9H2,1-2H3;1-2H3. The van der Waals surface area contributed by atoms with Gasteiger partial charge in [0.25, 0.3) is 0 Å². The van der Waals surface area contributed by atoms with Gasteiger partial charge in [-0.15, -0.1) is 0 Å². The second-order valence-corrected chi connectivity index (χ2v) is 4.40. The van der Waals surface area contributed by atoms with E-state index < -0.39 is 0 Å². The van der Waals surface area contributed by atoms with Crippen LogP contribution >= 0.6 is 0 Å². The molecular formula is C16H22N2O. The first-order valence-corrected chi connectivity index (χ1v) is 6.79. The minimum Gasteiger partial charge on any atom is -0.356 e. The number of carbonyl (C=O) groups excluding carboxylic acids is 1. The summed E-state index contributed by atoms with van der Waals surface area (Å²) in [7, 11) is 0. The molecule has 0 aliphatic rings. The molecule has 0 unspecified atom stereocenters. The van der Waals surface area contributed by atoms with Gasteiger partial charge in [0.1, 0.15) is 0 Å². The van der Waals surface area contributed by atoms with Crippen molar-refractivity contribution < 1.29 is 4.79 Å². The Balaban J connectivity index is 0.000000861. The number of H-pyrrole nitrogens is 1. The molecule has 0 amide bonds. The zero-order valence-electron chi connectivity index (χ0n) is 12.1. The number of Topliss-reactive ketones (excluding diaryl/α,β-unsaturated/α-hetero) is 1. The summed E-state index contributed by atoms with van der Waals surface area (Å²) in [6.45, 7) is 8.19. The summed E-state index contributed by atoms with van der Waals surface area (Å²) in [5.74, 6) is 0.488. The summed E-state index contributed by atoms with van der Waals surface area (Å²) < 4.78 is 0. The van der Waals surface area contributed by atoms with Crippen molar-refractivity contribution in [3.63, 3.8) is 0 Å². The lowest BCUT2D eigenvalue weighted by Crippen LogP contribution is -2.05. The van der Waals surface area contributed by atoms with Crippen molar-refractivity contribution in [3.05, 3.63) is 53.6 Å². The van der Waals surface area contributed by atoms with E-state index in [2.05, 4.69) is 23.8 Å². The van der Waals surface area contributed by atoms with Gasteiger partial charge in [-0.2, -0.15) is 0 Å². The Hall–Kier alpha value is -1.90. The van der Waals surface area contributed by atoms with Crippen LogP contribution in [0.1, 0.15) is 55.5 Å². The first kappa shape index (κ1) is 15.2. The highest BCUT2D eigenvalue weighted by molar-refractivity contribution is 5.95. The largest absolute Gasteiger partial charge is 0.356 e. The maximum atomic E-state index is 12.0. The second-order valence-electron chi connectivity index (χ2n) is 4.40. The van der Waals surface area contributed by atoms with Gasteiger partial charge in [0.2, 0.25) is 0 Å². The number of rotatable bonds is 4. The monoisotopic (exact) mass is 258 g/mol.